The minimum Gasteiger partial charge on any atom is -0.353 e. The molecule has 2 rings (SSSR count). The normalized spacial score (nSPS) is 9.89. The SMILES string of the molecule is Cc1cc(Nc2cccnc2C)c(C#N)c(C)n1. The van der Waals surface area contributed by atoms with Crippen LogP contribution in [0, 0.1) is 32.1 Å². The lowest BCUT2D eigenvalue weighted by Gasteiger charge is -2.12. The second-order valence-electron chi connectivity index (χ2n) is 4.14. The summed E-state index contributed by atoms with van der Waals surface area (Å²) in [6.45, 7) is 5.68. The Morgan fingerprint density at radius 1 is 1.17 bits per heavy atom. The largest absolute Gasteiger partial charge is 0.353 e. The minimum absolute atomic E-state index is 0.573. The highest BCUT2D eigenvalue weighted by Crippen LogP contribution is 2.24. The molecule has 2 aromatic heterocycles. The zero-order chi connectivity index (χ0) is 13.1. The highest BCUT2D eigenvalue weighted by atomic mass is 14.9. The van der Waals surface area contributed by atoms with E-state index in [4.69, 9.17) is 0 Å². The number of nitrogens with zero attached hydrogens (tertiary/aromatic N) is 3. The van der Waals surface area contributed by atoms with Crippen molar-refractivity contribution in [1.29, 1.82) is 5.26 Å². The van der Waals surface area contributed by atoms with Gasteiger partial charge in [-0.25, -0.2) is 0 Å². The third kappa shape index (κ3) is 2.30. The van der Waals surface area contributed by atoms with Gasteiger partial charge in [0.25, 0.3) is 0 Å². The Bertz CT molecular complexity index is 626. The van der Waals surface area contributed by atoms with Crippen LogP contribution in [0.15, 0.2) is 24.4 Å². The molecule has 2 heterocycles. The van der Waals surface area contributed by atoms with Crippen LogP contribution in [0.2, 0.25) is 0 Å². The third-order valence-electron chi connectivity index (χ3n) is 2.72. The summed E-state index contributed by atoms with van der Waals surface area (Å²) in [6, 6.07) is 7.86. The summed E-state index contributed by atoms with van der Waals surface area (Å²) >= 11 is 0. The van der Waals surface area contributed by atoms with Crippen molar-refractivity contribution in [2.75, 3.05) is 5.32 Å². The van der Waals surface area contributed by atoms with Crippen molar-refractivity contribution < 1.29 is 0 Å². The number of nitriles is 1. The van der Waals surface area contributed by atoms with E-state index in [1.165, 1.54) is 0 Å². The van der Waals surface area contributed by atoms with Gasteiger partial charge in [0.05, 0.1) is 28.3 Å². The number of aryl methyl sites for hydroxylation is 3. The fourth-order valence-corrected chi connectivity index (χ4v) is 1.83. The monoisotopic (exact) mass is 238 g/mol. The molecule has 0 fully saturated rings. The van der Waals surface area contributed by atoms with E-state index in [0.717, 1.165) is 28.5 Å². The molecule has 2 aromatic rings. The number of anilines is 2. The molecule has 0 spiro atoms. The lowest BCUT2D eigenvalue weighted by Crippen LogP contribution is -2.01. The first kappa shape index (κ1) is 12.1. The van der Waals surface area contributed by atoms with E-state index in [1.807, 2.05) is 39.0 Å². The predicted molar refractivity (Wildman–Crippen MR) is 70.7 cm³/mol. The van der Waals surface area contributed by atoms with E-state index in [9.17, 15) is 5.26 Å². The molecule has 0 unspecified atom stereocenters. The molecule has 0 aliphatic rings. The summed E-state index contributed by atoms with van der Waals surface area (Å²) in [4.78, 5) is 8.51. The van der Waals surface area contributed by atoms with Crippen molar-refractivity contribution in [3.63, 3.8) is 0 Å². The number of hydrogen-bond acceptors (Lipinski definition) is 4. The summed E-state index contributed by atoms with van der Waals surface area (Å²) in [5, 5.41) is 12.4. The van der Waals surface area contributed by atoms with Crippen molar-refractivity contribution in [2.24, 2.45) is 0 Å². The molecule has 0 radical (unpaired) electrons. The number of aromatic nitrogens is 2. The maximum atomic E-state index is 9.19. The van der Waals surface area contributed by atoms with Crippen LogP contribution in [0.25, 0.3) is 0 Å². The Kier molecular flexibility index (Phi) is 3.24. The number of nitrogens with one attached hydrogen (secondary N) is 1. The smallest absolute Gasteiger partial charge is 0.103 e. The Labute approximate surface area is 106 Å². The second kappa shape index (κ2) is 4.84. The van der Waals surface area contributed by atoms with Crippen molar-refractivity contribution >= 4 is 11.4 Å². The summed E-state index contributed by atoms with van der Waals surface area (Å²) in [5.41, 5.74) is 4.77. The molecule has 0 saturated heterocycles. The first-order valence-corrected chi connectivity index (χ1v) is 5.69. The van der Waals surface area contributed by atoms with Gasteiger partial charge in [-0.2, -0.15) is 5.26 Å². The molecular formula is C14H14N4. The molecule has 0 aliphatic carbocycles. The average molecular weight is 238 g/mol. The van der Waals surface area contributed by atoms with Crippen LogP contribution in [-0.2, 0) is 0 Å². The van der Waals surface area contributed by atoms with Gasteiger partial charge in [-0.15, -0.1) is 0 Å². The van der Waals surface area contributed by atoms with E-state index in [1.54, 1.807) is 6.20 Å². The quantitative estimate of drug-likeness (QED) is 0.873. The van der Waals surface area contributed by atoms with E-state index >= 15 is 0 Å². The third-order valence-corrected chi connectivity index (χ3v) is 2.72. The maximum absolute atomic E-state index is 9.19. The lowest BCUT2D eigenvalue weighted by molar-refractivity contribution is 1.11. The van der Waals surface area contributed by atoms with Crippen molar-refractivity contribution in [2.45, 2.75) is 20.8 Å². The van der Waals surface area contributed by atoms with Crippen LogP contribution in [0.1, 0.15) is 22.6 Å². The highest BCUT2D eigenvalue weighted by molar-refractivity contribution is 5.68. The van der Waals surface area contributed by atoms with Gasteiger partial charge in [0.2, 0.25) is 0 Å². The summed E-state index contributed by atoms with van der Waals surface area (Å²) in [5.74, 6) is 0. The molecule has 0 bridgehead atoms. The molecule has 0 saturated carbocycles. The van der Waals surface area contributed by atoms with Crippen molar-refractivity contribution in [1.82, 2.24) is 9.97 Å². The zero-order valence-electron chi connectivity index (χ0n) is 10.7. The van der Waals surface area contributed by atoms with Crippen LogP contribution in [-0.4, -0.2) is 9.97 Å². The second-order valence-corrected chi connectivity index (χ2v) is 4.14. The fourth-order valence-electron chi connectivity index (χ4n) is 1.83. The zero-order valence-corrected chi connectivity index (χ0v) is 10.7. The van der Waals surface area contributed by atoms with Crippen LogP contribution >= 0.6 is 0 Å². The Morgan fingerprint density at radius 2 is 1.94 bits per heavy atom. The molecule has 90 valence electrons. The molecule has 18 heavy (non-hydrogen) atoms. The molecule has 0 atom stereocenters. The number of hydrogen-bond donors (Lipinski definition) is 1. The minimum atomic E-state index is 0.573. The first-order valence-electron chi connectivity index (χ1n) is 5.69. The summed E-state index contributed by atoms with van der Waals surface area (Å²) in [7, 11) is 0. The molecule has 0 aliphatic heterocycles. The topological polar surface area (TPSA) is 61.6 Å². The van der Waals surface area contributed by atoms with Gasteiger partial charge in [0.15, 0.2) is 0 Å². The molecule has 1 N–H and O–H groups in total. The summed E-state index contributed by atoms with van der Waals surface area (Å²) < 4.78 is 0. The molecule has 0 amide bonds. The van der Waals surface area contributed by atoms with E-state index < -0.39 is 0 Å². The van der Waals surface area contributed by atoms with Crippen LogP contribution in [0.3, 0.4) is 0 Å². The number of pyridine rings is 2. The lowest BCUT2D eigenvalue weighted by atomic mass is 10.1. The van der Waals surface area contributed by atoms with Gasteiger partial charge in [0, 0.05) is 11.9 Å². The first-order chi connectivity index (χ1) is 8.61. The van der Waals surface area contributed by atoms with Crippen molar-refractivity contribution in [3.8, 4) is 6.07 Å². The average Bonchev–Trinajstić information content (AvgIpc) is 2.31. The van der Waals surface area contributed by atoms with Crippen LogP contribution < -0.4 is 5.32 Å². The predicted octanol–water partition coefficient (Wildman–Crippen LogP) is 3.02. The maximum Gasteiger partial charge on any atom is 0.103 e. The van der Waals surface area contributed by atoms with E-state index in [0.29, 0.717) is 5.56 Å². The molecular weight excluding hydrogens is 224 g/mol. The molecule has 0 aromatic carbocycles. The molecule has 4 nitrogen and oxygen atoms in total. The van der Waals surface area contributed by atoms with E-state index in [-0.39, 0.29) is 0 Å². The number of rotatable bonds is 2. The van der Waals surface area contributed by atoms with Gasteiger partial charge in [-0.3, -0.25) is 9.97 Å². The standard InChI is InChI=1S/C14H14N4/c1-9-7-14(12(8-15)10(2)17-9)18-13-5-4-6-16-11(13)3/h4-7H,1-3H3,(H,17,18). The Balaban J connectivity index is 2.47. The van der Waals surface area contributed by atoms with Gasteiger partial charge in [0.1, 0.15) is 6.07 Å². The molecule has 4 heteroatoms. The van der Waals surface area contributed by atoms with Crippen LogP contribution in [0.5, 0.6) is 0 Å². The summed E-state index contributed by atoms with van der Waals surface area (Å²) in [6.07, 6.45) is 1.74. The van der Waals surface area contributed by atoms with Gasteiger partial charge in [-0.1, -0.05) is 0 Å². The Morgan fingerprint density at radius 3 is 2.61 bits per heavy atom. The Hall–Kier alpha value is -2.41. The van der Waals surface area contributed by atoms with Gasteiger partial charge < -0.3 is 5.32 Å². The highest BCUT2D eigenvalue weighted by Gasteiger charge is 2.09. The van der Waals surface area contributed by atoms with Crippen LogP contribution in [0.4, 0.5) is 11.4 Å². The van der Waals surface area contributed by atoms with Crippen molar-refractivity contribution in [3.05, 3.63) is 47.0 Å². The van der Waals surface area contributed by atoms with Gasteiger partial charge >= 0.3 is 0 Å². The van der Waals surface area contributed by atoms with E-state index in [2.05, 4.69) is 21.4 Å². The van der Waals surface area contributed by atoms with Gasteiger partial charge in [-0.05, 0) is 39.0 Å². The fraction of sp³-hybridized carbons (Fsp3) is 0.214.